The van der Waals surface area contributed by atoms with Crippen LogP contribution in [-0.2, 0) is 5.72 Å². The monoisotopic (exact) mass is 452 g/mol. The number of aliphatic hydroxyl groups is 1. The van der Waals surface area contributed by atoms with Crippen molar-refractivity contribution in [2.45, 2.75) is 38.0 Å². The molecule has 150 valence electrons. The molecule has 7 heteroatoms. The fourth-order valence-electron chi connectivity index (χ4n) is 4.07. The van der Waals surface area contributed by atoms with Crippen molar-refractivity contribution in [3.8, 4) is 5.75 Å². The topological polar surface area (TPSA) is 35.7 Å². The van der Waals surface area contributed by atoms with Crippen molar-refractivity contribution < 1.29 is 40.2 Å². The van der Waals surface area contributed by atoms with Crippen molar-refractivity contribution in [1.82, 2.24) is 0 Å². The molecule has 4 nitrogen and oxygen atoms in total. The van der Waals surface area contributed by atoms with Gasteiger partial charge in [0, 0.05) is 12.0 Å². The predicted molar refractivity (Wildman–Crippen MR) is 99.4 cm³/mol. The zero-order valence-corrected chi connectivity index (χ0v) is 17.0. The summed E-state index contributed by atoms with van der Waals surface area (Å²) in [6.45, 7) is -1.68. The van der Waals surface area contributed by atoms with Crippen LogP contribution in [0.4, 0.5) is 14.5 Å². The standard InChI is InChI=1S/C21H23F2N2O2.BrH/c22-20(23)27-18-12-10-16(11-13-18)21(26)15-24(17-7-3-1-4-8-17)19-9-5-2-6-14-25(19)21;/h1,3-4,7-8,10-13,20,26H,2,5-6,9,14-15H2;1H/q+1;/p-1. The Kier molecular flexibility index (Phi) is 6.35. The first kappa shape index (κ1) is 20.7. The van der Waals surface area contributed by atoms with E-state index in [4.69, 9.17) is 0 Å². The van der Waals surface area contributed by atoms with E-state index in [1.807, 2.05) is 30.3 Å². The van der Waals surface area contributed by atoms with Gasteiger partial charge in [-0.15, -0.1) is 0 Å². The number of halogens is 3. The summed E-state index contributed by atoms with van der Waals surface area (Å²) in [6.07, 6.45) is 4.14. The number of benzene rings is 2. The molecule has 0 aliphatic carbocycles. The Morgan fingerprint density at radius 2 is 1.71 bits per heavy atom. The Balaban J connectivity index is 0.00000225. The molecule has 0 spiro atoms. The van der Waals surface area contributed by atoms with E-state index in [0.717, 1.165) is 43.8 Å². The van der Waals surface area contributed by atoms with Crippen LogP contribution in [0.5, 0.6) is 5.75 Å². The molecule has 0 saturated heterocycles. The first-order chi connectivity index (χ1) is 13.1. The highest BCUT2D eigenvalue weighted by Crippen LogP contribution is 2.35. The lowest BCUT2D eigenvalue weighted by molar-refractivity contribution is -0.658. The number of rotatable bonds is 4. The Morgan fingerprint density at radius 3 is 2.39 bits per heavy atom. The third-order valence-corrected chi connectivity index (χ3v) is 5.34. The van der Waals surface area contributed by atoms with Crippen LogP contribution in [0.2, 0.25) is 0 Å². The number of para-hydroxylation sites is 1. The lowest BCUT2D eigenvalue weighted by Gasteiger charge is -2.23. The smallest absolute Gasteiger partial charge is 0.387 e. The van der Waals surface area contributed by atoms with E-state index < -0.39 is 12.3 Å². The molecular weight excluding hydrogens is 430 g/mol. The molecule has 1 unspecified atom stereocenters. The molecule has 2 aliphatic heterocycles. The molecule has 2 aromatic carbocycles. The van der Waals surface area contributed by atoms with Gasteiger partial charge in [-0.25, -0.2) is 9.48 Å². The number of alkyl halides is 2. The van der Waals surface area contributed by atoms with Crippen molar-refractivity contribution in [2.75, 3.05) is 18.0 Å². The van der Waals surface area contributed by atoms with E-state index in [2.05, 4.69) is 14.2 Å². The predicted octanol–water partition coefficient (Wildman–Crippen LogP) is 0.942. The van der Waals surface area contributed by atoms with Gasteiger partial charge in [0.25, 0.3) is 11.6 Å². The largest absolute Gasteiger partial charge is 1.00 e. The van der Waals surface area contributed by atoms with Crippen molar-refractivity contribution in [1.29, 1.82) is 0 Å². The molecule has 2 aliphatic rings. The highest BCUT2D eigenvalue weighted by atomic mass is 79.9. The van der Waals surface area contributed by atoms with E-state index in [0.29, 0.717) is 12.1 Å². The number of hydrogen-bond acceptors (Lipinski definition) is 3. The summed E-state index contributed by atoms with van der Waals surface area (Å²) in [5.74, 6) is 1.21. The molecule has 0 fully saturated rings. The molecule has 2 aromatic rings. The fourth-order valence-corrected chi connectivity index (χ4v) is 4.07. The van der Waals surface area contributed by atoms with Crippen LogP contribution in [0.1, 0.15) is 31.2 Å². The minimum atomic E-state index is -2.86. The highest BCUT2D eigenvalue weighted by molar-refractivity contribution is 5.95. The number of ether oxygens (including phenoxy) is 1. The molecular formula is C21H23BrF2N2O2. The molecule has 0 saturated carbocycles. The molecule has 1 atom stereocenters. The van der Waals surface area contributed by atoms with E-state index in [1.165, 1.54) is 12.1 Å². The van der Waals surface area contributed by atoms with Gasteiger partial charge in [-0.05, 0) is 55.7 Å². The number of amidine groups is 1. The van der Waals surface area contributed by atoms with Gasteiger partial charge in [-0.3, -0.25) is 0 Å². The van der Waals surface area contributed by atoms with Gasteiger partial charge in [0.05, 0.1) is 6.54 Å². The second kappa shape index (κ2) is 8.57. The summed E-state index contributed by atoms with van der Waals surface area (Å²) in [5.41, 5.74) is 0.536. The molecule has 28 heavy (non-hydrogen) atoms. The molecule has 2 heterocycles. The van der Waals surface area contributed by atoms with Gasteiger partial charge < -0.3 is 26.8 Å². The summed E-state index contributed by atoms with van der Waals surface area (Å²) >= 11 is 0. The van der Waals surface area contributed by atoms with Crippen LogP contribution in [-0.4, -0.2) is 35.2 Å². The number of anilines is 1. The second-order valence-corrected chi connectivity index (χ2v) is 7.02. The van der Waals surface area contributed by atoms with E-state index in [-0.39, 0.29) is 22.7 Å². The maximum Gasteiger partial charge on any atom is 0.387 e. The molecule has 0 bridgehead atoms. The van der Waals surface area contributed by atoms with Crippen LogP contribution in [0, 0.1) is 0 Å². The van der Waals surface area contributed by atoms with Crippen molar-refractivity contribution in [2.24, 2.45) is 0 Å². The quantitative estimate of drug-likeness (QED) is 0.701. The van der Waals surface area contributed by atoms with Gasteiger partial charge in [0.1, 0.15) is 11.4 Å². The lowest BCUT2D eigenvalue weighted by atomic mass is 10.0. The average Bonchev–Trinajstić information content (AvgIpc) is 2.83. The second-order valence-electron chi connectivity index (χ2n) is 7.02. The third kappa shape index (κ3) is 3.91. The average molecular weight is 453 g/mol. The summed E-state index contributed by atoms with van der Waals surface area (Å²) in [4.78, 5) is 2.18. The summed E-state index contributed by atoms with van der Waals surface area (Å²) in [7, 11) is 0. The Hall–Kier alpha value is -1.99. The Bertz CT molecular complexity index is 830. The van der Waals surface area contributed by atoms with Crippen LogP contribution in [0.3, 0.4) is 0 Å². The van der Waals surface area contributed by atoms with Crippen molar-refractivity contribution in [3.05, 3.63) is 60.2 Å². The molecule has 4 rings (SSSR count). The van der Waals surface area contributed by atoms with E-state index in [1.54, 1.807) is 12.1 Å². The van der Waals surface area contributed by atoms with Gasteiger partial charge in [0.15, 0.2) is 6.54 Å². The van der Waals surface area contributed by atoms with Crippen LogP contribution in [0.25, 0.3) is 0 Å². The number of nitrogens with zero attached hydrogens (tertiary/aromatic N) is 2. The zero-order valence-electron chi connectivity index (χ0n) is 15.4. The minimum absolute atomic E-state index is 0. The van der Waals surface area contributed by atoms with Crippen LogP contribution < -0.4 is 26.6 Å². The number of β-amino-alcohol motifs (C(OH)–C–C–N with tert-alkyl or cyclic N) is 1. The third-order valence-electron chi connectivity index (χ3n) is 5.34. The van der Waals surface area contributed by atoms with Gasteiger partial charge in [-0.2, -0.15) is 8.78 Å². The summed E-state index contributed by atoms with van der Waals surface area (Å²) in [6, 6.07) is 16.4. The first-order valence-electron chi connectivity index (χ1n) is 9.32. The molecule has 0 aromatic heterocycles. The van der Waals surface area contributed by atoms with Crippen LogP contribution >= 0.6 is 0 Å². The van der Waals surface area contributed by atoms with Gasteiger partial charge in [-0.1, -0.05) is 18.2 Å². The molecule has 0 radical (unpaired) electrons. The van der Waals surface area contributed by atoms with Crippen molar-refractivity contribution in [3.63, 3.8) is 0 Å². The minimum Gasteiger partial charge on any atom is -1.00 e. The summed E-state index contributed by atoms with van der Waals surface area (Å²) < 4.78 is 31.3. The number of hydrogen-bond donors (Lipinski definition) is 1. The fraction of sp³-hybridized carbons (Fsp3) is 0.381. The van der Waals surface area contributed by atoms with E-state index >= 15 is 0 Å². The summed E-state index contributed by atoms with van der Waals surface area (Å²) in [5, 5.41) is 11.7. The maximum atomic E-state index is 12.4. The highest BCUT2D eigenvalue weighted by Gasteiger charge is 2.51. The van der Waals surface area contributed by atoms with E-state index in [9.17, 15) is 13.9 Å². The van der Waals surface area contributed by atoms with Crippen LogP contribution in [0.15, 0.2) is 54.6 Å². The normalized spacial score (nSPS) is 21.9. The SMILES string of the molecule is OC1(c2ccc(OC(F)F)cc2)CN(c2ccccc2)C2=[N+]1CCCCC2.[Br-]. The molecule has 1 N–H and O–H groups in total. The Labute approximate surface area is 173 Å². The molecule has 0 amide bonds. The Morgan fingerprint density at radius 1 is 1.00 bits per heavy atom. The lowest BCUT2D eigenvalue weighted by Crippen LogP contribution is -3.00. The zero-order chi connectivity index (χ0) is 18.9. The van der Waals surface area contributed by atoms with Gasteiger partial charge >= 0.3 is 6.61 Å². The maximum absolute atomic E-state index is 12.4. The van der Waals surface area contributed by atoms with Gasteiger partial charge in [0.2, 0.25) is 0 Å². The van der Waals surface area contributed by atoms with Crippen molar-refractivity contribution >= 4 is 11.5 Å². The first-order valence-corrected chi connectivity index (χ1v) is 9.32.